The molecule has 0 aliphatic carbocycles. The standard InChI is InChI=1S/C16H18N2O2S/c19-12-14-6-2-1-5-13(14)11-18-15(20)8-10-21-16-7-3-4-9-17-16/h1-7,9,19H,8,10-12H2,(H,18,20). The van der Waals surface area contributed by atoms with E-state index in [1.165, 1.54) is 0 Å². The highest BCUT2D eigenvalue weighted by Crippen LogP contribution is 2.14. The summed E-state index contributed by atoms with van der Waals surface area (Å²) in [7, 11) is 0. The Labute approximate surface area is 128 Å². The fourth-order valence-electron chi connectivity index (χ4n) is 1.85. The van der Waals surface area contributed by atoms with E-state index in [4.69, 9.17) is 0 Å². The molecule has 2 aromatic rings. The highest BCUT2D eigenvalue weighted by molar-refractivity contribution is 7.99. The summed E-state index contributed by atoms with van der Waals surface area (Å²) >= 11 is 1.57. The molecule has 1 heterocycles. The zero-order valence-corrected chi connectivity index (χ0v) is 12.5. The predicted octanol–water partition coefficient (Wildman–Crippen LogP) is 2.37. The Balaban J connectivity index is 1.72. The Morgan fingerprint density at radius 2 is 1.90 bits per heavy atom. The molecular formula is C16H18N2O2S. The van der Waals surface area contributed by atoms with Crippen LogP contribution >= 0.6 is 11.8 Å². The number of nitrogens with one attached hydrogen (secondary N) is 1. The van der Waals surface area contributed by atoms with Gasteiger partial charge >= 0.3 is 0 Å². The first-order chi connectivity index (χ1) is 10.3. The molecule has 0 aliphatic rings. The summed E-state index contributed by atoms with van der Waals surface area (Å²) in [6.07, 6.45) is 2.19. The third kappa shape index (κ3) is 5.21. The second-order valence-corrected chi connectivity index (χ2v) is 5.59. The molecule has 110 valence electrons. The van der Waals surface area contributed by atoms with Gasteiger partial charge in [0.2, 0.25) is 5.91 Å². The largest absolute Gasteiger partial charge is 0.392 e. The molecule has 2 rings (SSSR count). The Bertz CT molecular complexity index is 575. The number of rotatable bonds is 7. The van der Waals surface area contributed by atoms with Gasteiger partial charge in [-0.15, -0.1) is 11.8 Å². The number of aliphatic hydroxyl groups is 1. The minimum atomic E-state index is -0.0123. The molecule has 5 heteroatoms. The quantitative estimate of drug-likeness (QED) is 0.771. The van der Waals surface area contributed by atoms with Crippen LogP contribution in [0, 0.1) is 0 Å². The van der Waals surface area contributed by atoms with E-state index in [0.717, 1.165) is 16.2 Å². The molecule has 0 radical (unpaired) electrons. The summed E-state index contributed by atoms with van der Waals surface area (Å²) in [5.41, 5.74) is 1.80. The number of aromatic nitrogens is 1. The van der Waals surface area contributed by atoms with Crippen molar-refractivity contribution in [2.75, 3.05) is 5.75 Å². The lowest BCUT2D eigenvalue weighted by Gasteiger charge is -2.08. The maximum absolute atomic E-state index is 11.8. The molecule has 1 aromatic heterocycles. The van der Waals surface area contributed by atoms with Crippen LogP contribution in [0.25, 0.3) is 0 Å². The lowest BCUT2D eigenvalue weighted by atomic mass is 10.1. The summed E-state index contributed by atoms with van der Waals surface area (Å²) in [6, 6.07) is 13.3. The van der Waals surface area contributed by atoms with E-state index < -0.39 is 0 Å². The normalized spacial score (nSPS) is 10.3. The van der Waals surface area contributed by atoms with Gasteiger partial charge in [0, 0.05) is 24.9 Å². The van der Waals surface area contributed by atoms with Crippen LogP contribution in [0.2, 0.25) is 0 Å². The fourth-order valence-corrected chi connectivity index (χ4v) is 2.65. The lowest BCUT2D eigenvalue weighted by Crippen LogP contribution is -2.23. The highest BCUT2D eigenvalue weighted by Gasteiger charge is 2.05. The van der Waals surface area contributed by atoms with Gasteiger partial charge in [0.05, 0.1) is 11.6 Å². The van der Waals surface area contributed by atoms with Gasteiger partial charge in [-0.25, -0.2) is 4.98 Å². The van der Waals surface area contributed by atoms with Gasteiger partial charge in [0.15, 0.2) is 0 Å². The van der Waals surface area contributed by atoms with Crippen LogP contribution in [0.15, 0.2) is 53.7 Å². The van der Waals surface area contributed by atoms with Gasteiger partial charge in [-0.3, -0.25) is 4.79 Å². The molecule has 0 unspecified atom stereocenters. The molecule has 21 heavy (non-hydrogen) atoms. The van der Waals surface area contributed by atoms with E-state index in [-0.39, 0.29) is 12.5 Å². The predicted molar refractivity (Wildman–Crippen MR) is 83.8 cm³/mol. The minimum Gasteiger partial charge on any atom is -0.392 e. The maximum Gasteiger partial charge on any atom is 0.221 e. The number of aliphatic hydroxyl groups excluding tert-OH is 1. The van der Waals surface area contributed by atoms with Crippen LogP contribution < -0.4 is 5.32 Å². The van der Waals surface area contributed by atoms with Crippen molar-refractivity contribution in [2.24, 2.45) is 0 Å². The number of carbonyl (C=O) groups is 1. The van der Waals surface area contributed by atoms with Crippen LogP contribution in [0.4, 0.5) is 0 Å². The topological polar surface area (TPSA) is 62.2 Å². The summed E-state index contributed by atoms with van der Waals surface area (Å²) in [5, 5.41) is 13.0. The molecule has 0 aliphatic heterocycles. The molecule has 0 spiro atoms. The second kappa shape index (κ2) is 8.44. The Morgan fingerprint density at radius 3 is 2.62 bits per heavy atom. The first-order valence-corrected chi connectivity index (χ1v) is 7.76. The molecule has 1 amide bonds. The number of amides is 1. The number of carbonyl (C=O) groups excluding carboxylic acids is 1. The van der Waals surface area contributed by atoms with E-state index in [0.29, 0.717) is 18.7 Å². The van der Waals surface area contributed by atoms with Crippen LogP contribution in [0.3, 0.4) is 0 Å². The van der Waals surface area contributed by atoms with E-state index in [9.17, 15) is 9.90 Å². The van der Waals surface area contributed by atoms with Crippen molar-refractivity contribution < 1.29 is 9.90 Å². The van der Waals surface area contributed by atoms with Crippen molar-refractivity contribution in [1.82, 2.24) is 10.3 Å². The van der Waals surface area contributed by atoms with E-state index in [1.807, 2.05) is 42.5 Å². The Hall–Kier alpha value is -1.85. The number of nitrogens with zero attached hydrogens (tertiary/aromatic N) is 1. The van der Waals surface area contributed by atoms with E-state index in [1.54, 1.807) is 18.0 Å². The van der Waals surface area contributed by atoms with Crippen molar-refractivity contribution >= 4 is 17.7 Å². The summed E-state index contributed by atoms with van der Waals surface area (Å²) in [4.78, 5) is 16.0. The molecule has 0 saturated heterocycles. The van der Waals surface area contributed by atoms with Gasteiger partial charge in [-0.1, -0.05) is 30.3 Å². The van der Waals surface area contributed by atoms with Gasteiger partial charge in [0.25, 0.3) is 0 Å². The third-order valence-electron chi connectivity index (χ3n) is 2.98. The molecule has 1 aromatic carbocycles. The Kier molecular flexibility index (Phi) is 6.24. The molecule has 0 atom stereocenters. The molecule has 0 fully saturated rings. The van der Waals surface area contributed by atoms with E-state index in [2.05, 4.69) is 10.3 Å². The first kappa shape index (κ1) is 15.5. The smallest absolute Gasteiger partial charge is 0.221 e. The van der Waals surface area contributed by atoms with Gasteiger partial charge in [0.1, 0.15) is 0 Å². The maximum atomic E-state index is 11.8. The van der Waals surface area contributed by atoms with Crippen LogP contribution in [0.1, 0.15) is 17.5 Å². The van der Waals surface area contributed by atoms with Crippen molar-refractivity contribution in [1.29, 1.82) is 0 Å². The third-order valence-corrected chi connectivity index (χ3v) is 3.93. The van der Waals surface area contributed by atoms with Crippen molar-refractivity contribution in [3.05, 3.63) is 59.8 Å². The summed E-state index contributed by atoms with van der Waals surface area (Å²) < 4.78 is 0. The molecule has 2 N–H and O–H groups in total. The van der Waals surface area contributed by atoms with Crippen LogP contribution in [0.5, 0.6) is 0 Å². The second-order valence-electron chi connectivity index (χ2n) is 4.47. The van der Waals surface area contributed by atoms with Crippen molar-refractivity contribution in [3.8, 4) is 0 Å². The fraction of sp³-hybridized carbons (Fsp3) is 0.250. The summed E-state index contributed by atoms with van der Waals surface area (Å²) in [6.45, 7) is 0.436. The molecule has 4 nitrogen and oxygen atoms in total. The average Bonchev–Trinajstić information content (AvgIpc) is 2.54. The molecule has 0 bridgehead atoms. The zero-order chi connectivity index (χ0) is 14.9. The lowest BCUT2D eigenvalue weighted by molar-refractivity contribution is -0.120. The SMILES string of the molecule is O=C(CCSc1ccccn1)NCc1ccccc1CO. The Morgan fingerprint density at radius 1 is 1.14 bits per heavy atom. The summed E-state index contributed by atoms with van der Waals surface area (Å²) in [5.74, 6) is 0.705. The molecular weight excluding hydrogens is 284 g/mol. The minimum absolute atomic E-state index is 0.00572. The number of thioether (sulfide) groups is 1. The first-order valence-electron chi connectivity index (χ1n) is 6.78. The number of hydrogen-bond donors (Lipinski definition) is 2. The monoisotopic (exact) mass is 302 g/mol. The van der Waals surface area contributed by atoms with Gasteiger partial charge < -0.3 is 10.4 Å². The average molecular weight is 302 g/mol. The zero-order valence-electron chi connectivity index (χ0n) is 11.7. The van der Waals surface area contributed by atoms with Crippen LogP contribution in [-0.4, -0.2) is 21.8 Å². The number of hydrogen-bond acceptors (Lipinski definition) is 4. The number of pyridine rings is 1. The van der Waals surface area contributed by atoms with E-state index >= 15 is 0 Å². The number of benzene rings is 1. The van der Waals surface area contributed by atoms with Crippen molar-refractivity contribution in [3.63, 3.8) is 0 Å². The highest BCUT2D eigenvalue weighted by atomic mass is 32.2. The van der Waals surface area contributed by atoms with Gasteiger partial charge in [-0.2, -0.15) is 0 Å². The van der Waals surface area contributed by atoms with Crippen LogP contribution in [-0.2, 0) is 17.9 Å². The van der Waals surface area contributed by atoms with Crippen molar-refractivity contribution in [2.45, 2.75) is 24.6 Å². The molecule has 0 saturated carbocycles. The van der Waals surface area contributed by atoms with Gasteiger partial charge in [-0.05, 0) is 23.3 Å².